The molecule has 4 heterocycles. The molecule has 0 bridgehead atoms. The van der Waals surface area contributed by atoms with Gasteiger partial charge < -0.3 is 14.3 Å². The number of pyridine rings is 1. The molecule has 2 aliphatic rings. The van der Waals surface area contributed by atoms with Crippen molar-refractivity contribution in [2.75, 3.05) is 36.0 Å². The summed E-state index contributed by atoms with van der Waals surface area (Å²) in [6.45, 7) is 6.01. The van der Waals surface area contributed by atoms with Crippen LogP contribution in [0.25, 0.3) is 11.4 Å². The second kappa shape index (κ2) is 7.50. The number of rotatable bonds is 3. The molecule has 6 nitrogen and oxygen atoms in total. The molecule has 0 aliphatic carbocycles. The number of hydrogen-bond acceptors (Lipinski definition) is 6. The van der Waals surface area contributed by atoms with Crippen molar-refractivity contribution in [3.05, 3.63) is 52.3 Å². The van der Waals surface area contributed by atoms with E-state index >= 15 is 0 Å². The van der Waals surface area contributed by atoms with E-state index in [9.17, 15) is 0 Å². The molecule has 2 atom stereocenters. The number of aryl methyl sites for hydroxylation is 1. The van der Waals surface area contributed by atoms with Gasteiger partial charge in [-0.3, -0.25) is 4.98 Å². The number of halogens is 2. The molecule has 5 rings (SSSR count). The van der Waals surface area contributed by atoms with E-state index in [1.54, 1.807) is 18.2 Å². The molecule has 150 valence electrons. The molecular weight excluding hydrogens is 409 g/mol. The van der Waals surface area contributed by atoms with Crippen molar-refractivity contribution in [2.45, 2.75) is 13.3 Å². The Labute approximate surface area is 179 Å². The van der Waals surface area contributed by atoms with Gasteiger partial charge in [0.25, 0.3) is 0 Å². The van der Waals surface area contributed by atoms with Gasteiger partial charge in [0.2, 0.25) is 5.82 Å². The van der Waals surface area contributed by atoms with Gasteiger partial charge in [-0.25, -0.2) is 0 Å². The molecule has 3 aromatic rings. The van der Waals surface area contributed by atoms with E-state index < -0.39 is 0 Å². The summed E-state index contributed by atoms with van der Waals surface area (Å²) in [5.41, 5.74) is 3.07. The van der Waals surface area contributed by atoms with Gasteiger partial charge in [0.15, 0.2) is 0 Å². The average molecular weight is 430 g/mol. The average Bonchev–Trinajstić information content (AvgIpc) is 3.33. The number of fused-ring (bicyclic) bond motifs is 1. The Balaban J connectivity index is 1.31. The van der Waals surface area contributed by atoms with Crippen LogP contribution in [0.1, 0.15) is 12.1 Å². The summed E-state index contributed by atoms with van der Waals surface area (Å²) < 4.78 is 5.57. The molecule has 2 aromatic heterocycles. The first-order valence-corrected chi connectivity index (χ1v) is 10.5. The first-order chi connectivity index (χ1) is 14.0. The summed E-state index contributed by atoms with van der Waals surface area (Å²) in [7, 11) is 0. The molecular formula is C21H21Cl2N5O. The summed E-state index contributed by atoms with van der Waals surface area (Å²) in [4.78, 5) is 13.6. The van der Waals surface area contributed by atoms with Crippen LogP contribution >= 0.6 is 23.2 Å². The Morgan fingerprint density at radius 3 is 2.55 bits per heavy atom. The van der Waals surface area contributed by atoms with E-state index in [2.05, 4.69) is 37.1 Å². The summed E-state index contributed by atoms with van der Waals surface area (Å²) in [6, 6.07) is 10.1. The summed E-state index contributed by atoms with van der Waals surface area (Å²) in [6.07, 6.45) is 3.05. The highest BCUT2D eigenvalue weighted by molar-refractivity contribution is 6.35. The standard InChI is InChI=1S/C21H21Cl2N5O/c1-13-6-19(2-4-24-13)27-5-3-14-10-28(12-16(14)11-27)21-25-20(26-29-21)15-7-17(22)9-18(23)8-15/h2,4,6-9,14,16H,3,5,10-12H2,1H3. The molecule has 0 N–H and O–H groups in total. The minimum absolute atomic E-state index is 0.508. The summed E-state index contributed by atoms with van der Waals surface area (Å²) >= 11 is 12.2. The number of piperidine rings is 1. The lowest BCUT2D eigenvalue weighted by atomic mass is 9.88. The third kappa shape index (κ3) is 3.79. The second-order valence-corrected chi connectivity index (χ2v) is 8.75. The van der Waals surface area contributed by atoms with Crippen molar-refractivity contribution in [3.8, 4) is 11.4 Å². The molecule has 1 aromatic carbocycles. The van der Waals surface area contributed by atoms with Gasteiger partial charge in [-0.2, -0.15) is 4.98 Å². The fourth-order valence-electron chi connectivity index (χ4n) is 4.43. The fraction of sp³-hybridized carbons (Fsp3) is 0.381. The smallest absolute Gasteiger partial charge is 0.324 e. The molecule has 0 saturated carbocycles. The number of benzene rings is 1. The van der Waals surface area contributed by atoms with Crippen molar-refractivity contribution in [2.24, 2.45) is 11.8 Å². The lowest BCUT2D eigenvalue weighted by Crippen LogP contribution is -2.40. The molecule has 0 radical (unpaired) electrons. The Morgan fingerprint density at radius 1 is 1.00 bits per heavy atom. The number of hydrogen-bond donors (Lipinski definition) is 0. The highest BCUT2D eigenvalue weighted by atomic mass is 35.5. The molecule has 2 unspecified atom stereocenters. The van der Waals surface area contributed by atoms with Crippen LogP contribution in [0.15, 0.2) is 41.1 Å². The maximum absolute atomic E-state index is 6.10. The maximum atomic E-state index is 6.10. The molecule has 0 spiro atoms. The highest BCUT2D eigenvalue weighted by Gasteiger charge is 2.39. The van der Waals surface area contributed by atoms with Gasteiger partial charge in [0.05, 0.1) is 0 Å². The fourth-order valence-corrected chi connectivity index (χ4v) is 4.96. The van der Waals surface area contributed by atoms with Crippen LogP contribution < -0.4 is 9.80 Å². The van der Waals surface area contributed by atoms with Crippen molar-refractivity contribution in [1.29, 1.82) is 0 Å². The Bertz CT molecular complexity index is 1020. The topological polar surface area (TPSA) is 58.3 Å². The van der Waals surface area contributed by atoms with E-state index in [0.717, 1.165) is 43.9 Å². The molecule has 0 amide bonds. The molecule has 2 saturated heterocycles. The summed E-state index contributed by atoms with van der Waals surface area (Å²) in [5, 5.41) is 5.25. The van der Waals surface area contributed by atoms with Crippen molar-refractivity contribution < 1.29 is 4.52 Å². The van der Waals surface area contributed by atoms with Gasteiger partial charge in [-0.05, 0) is 55.5 Å². The van der Waals surface area contributed by atoms with E-state index in [0.29, 0.717) is 33.7 Å². The van der Waals surface area contributed by atoms with Gasteiger partial charge >= 0.3 is 6.01 Å². The first-order valence-electron chi connectivity index (χ1n) is 9.78. The van der Waals surface area contributed by atoms with Crippen LogP contribution in [0.5, 0.6) is 0 Å². The molecule has 2 fully saturated rings. The largest absolute Gasteiger partial charge is 0.371 e. The van der Waals surface area contributed by atoms with Crippen molar-refractivity contribution in [3.63, 3.8) is 0 Å². The zero-order chi connectivity index (χ0) is 20.0. The summed E-state index contributed by atoms with van der Waals surface area (Å²) in [5.74, 6) is 1.73. The molecule has 8 heteroatoms. The van der Waals surface area contributed by atoms with Crippen LogP contribution in [-0.2, 0) is 0 Å². The van der Waals surface area contributed by atoms with Crippen molar-refractivity contribution in [1.82, 2.24) is 15.1 Å². The van der Waals surface area contributed by atoms with Crippen LogP contribution in [0.4, 0.5) is 11.7 Å². The Kier molecular flexibility index (Phi) is 4.84. The lowest BCUT2D eigenvalue weighted by molar-refractivity contribution is 0.349. The lowest BCUT2D eigenvalue weighted by Gasteiger charge is -2.35. The Morgan fingerprint density at radius 2 is 1.76 bits per heavy atom. The molecule has 2 aliphatic heterocycles. The van der Waals surface area contributed by atoms with Gasteiger partial charge in [0, 0.05) is 59.4 Å². The predicted molar refractivity (Wildman–Crippen MR) is 115 cm³/mol. The van der Waals surface area contributed by atoms with E-state index in [4.69, 9.17) is 27.7 Å². The minimum atomic E-state index is 0.508. The third-order valence-corrected chi connectivity index (χ3v) is 6.29. The second-order valence-electron chi connectivity index (χ2n) is 7.87. The van der Waals surface area contributed by atoms with Gasteiger partial charge in [-0.15, -0.1) is 0 Å². The van der Waals surface area contributed by atoms with Crippen LogP contribution in [0.2, 0.25) is 10.0 Å². The molecule has 29 heavy (non-hydrogen) atoms. The van der Waals surface area contributed by atoms with Gasteiger partial charge in [-0.1, -0.05) is 28.4 Å². The number of nitrogens with zero attached hydrogens (tertiary/aromatic N) is 5. The monoisotopic (exact) mass is 429 g/mol. The SMILES string of the molecule is Cc1cc(N2CCC3CN(c4nc(-c5cc(Cl)cc(Cl)c5)no4)CC3C2)ccn1. The van der Waals surface area contributed by atoms with Crippen LogP contribution in [0.3, 0.4) is 0 Å². The highest BCUT2D eigenvalue weighted by Crippen LogP contribution is 2.36. The van der Waals surface area contributed by atoms with E-state index in [1.165, 1.54) is 5.69 Å². The van der Waals surface area contributed by atoms with E-state index in [1.807, 2.05) is 13.1 Å². The Hall–Kier alpha value is -2.31. The quantitative estimate of drug-likeness (QED) is 0.600. The predicted octanol–water partition coefficient (Wildman–Crippen LogP) is 4.71. The zero-order valence-electron chi connectivity index (χ0n) is 16.1. The van der Waals surface area contributed by atoms with Crippen molar-refractivity contribution >= 4 is 34.9 Å². The van der Waals surface area contributed by atoms with Crippen LogP contribution in [0, 0.1) is 18.8 Å². The van der Waals surface area contributed by atoms with E-state index in [-0.39, 0.29) is 0 Å². The maximum Gasteiger partial charge on any atom is 0.324 e. The number of anilines is 2. The third-order valence-electron chi connectivity index (χ3n) is 5.85. The zero-order valence-corrected chi connectivity index (χ0v) is 17.6. The van der Waals surface area contributed by atoms with Crippen LogP contribution in [-0.4, -0.2) is 41.3 Å². The minimum Gasteiger partial charge on any atom is -0.371 e. The first kappa shape index (κ1) is 18.7. The van der Waals surface area contributed by atoms with Gasteiger partial charge in [0.1, 0.15) is 0 Å². The number of aromatic nitrogens is 3. The normalized spacial score (nSPS) is 21.5.